The average molecular weight is 186 g/mol. The number of hydrogen-bond acceptors (Lipinski definition) is 3. The number of allylic oxidation sites excluding steroid dienone is 1. The van der Waals surface area contributed by atoms with Gasteiger partial charge in [-0.15, -0.1) is 23.5 Å². The third-order valence-electron chi connectivity index (χ3n) is 2.39. The van der Waals surface area contributed by atoms with Crippen LogP contribution >= 0.6 is 23.5 Å². The molecule has 0 bridgehead atoms. The van der Waals surface area contributed by atoms with E-state index >= 15 is 0 Å². The molecule has 1 heterocycles. The standard InChI is InChI=1S/C8H10OS2/c1-5-6(2)8(7(5)9)10-3-4-11-8/h3-4H2,1-2H3. The van der Waals surface area contributed by atoms with E-state index in [0.29, 0.717) is 5.78 Å². The van der Waals surface area contributed by atoms with Gasteiger partial charge in [0, 0.05) is 11.5 Å². The highest BCUT2D eigenvalue weighted by Gasteiger charge is 2.52. The van der Waals surface area contributed by atoms with Gasteiger partial charge in [0.15, 0.2) is 5.78 Å². The summed E-state index contributed by atoms with van der Waals surface area (Å²) in [5.41, 5.74) is 2.29. The van der Waals surface area contributed by atoms with Gasteiger partial charge < -0.3 is 0 Å². The lowest BCUT2D eigenvalue weighted by Crippen LogP contribution is -2.41. The molecule has 1 aliphatic heterocycles. The first-order chi connectivity index (χ1) is 5.18. The van der Waals surface area contributed by atoms with Crippen molar-refractivity contribution in [1.29, 1.82) is 0 Å². The Hall–Kier alpha value is 0.110. The van der Waals surface area contributed by atoms with Crippen molar-refractivity contribution in [2.45, 2.75) is 17.9 Å². The van der Waals surface area contributed by atoms with E-state index in [9.17, 15) is 4.79 Å². The lowest BCUT2D eigenvalue weighted by Gasteiger charge is -2.36. The number of rotatable bonds is 0. The summed E-state index contributed by atoms with van der Waals surface area (Å²) >= 11 is 3.61. The van der Waals surface area contributed by atoms with E-state index < -0.39 is 0 Å². The van der Waals surface area contributed by atoms with Crippen molar-refractivity contribution < 1.29 is 4.79 Å². The molecule has 3 heteroatoms. The first kappa shape index (κ1) is 7.74. The molecule has 0 aromatic carbocycles. The van der Waals surface area contributed by atoms with Crippen molar-refractivity contribution in [1.82, 2.24) is 0 Å². The highest BCUT2D eigenvalue weighted by atomic mass is 32.2. The summed E-state index contributed by atoms with van der Waals surface area (Å²) < 4.78 is -0.121. The van der Waals surface area contributed by atoms with Crippen molar-refractivity contribution in [2.75, 3.05) is 11.5 Å². The van der Waals surface area contributed by atoms with E-state index in [1.54, 1.807) is 23.5 Å². The molecule has 1 aliphatic carbocycles. The van der Waals surface area contributed by atoms with Crippen LogP contribution in [0.5, 0.6) is 0 Å². The maximum absolute atomic E-state index is 11.5. The Morgan fingerprint density at radius 2 is 1.82 bits per heavy atom. The second kappa shape index (κ2) is 2.30. The SMILES string of the molecule is CC1=C(C)C2(SCCS2)C1=O. The molecule has 0 atom stereocenters. The molecular weight excluding hydrogens is 176 g/mol. The highest BCUT2D eigenvalue weighted by molar-refractivity contribution is 8.23. The van der Waals surface area contributed by atoms with Crippen LogP contribution in [-0.4, -0.2) is 21.4 Å². The summed E-state index contributed by atoms with van der Waals surface area (Å²) in [5.74, 6) is 2.62. The molecule has 0 amide bonds. The van der Waals surface area contributed by atoms with Crippen molar-refractivity contribution in [3.8, 4) is 0 Å². The lowest BCUT2D eigenvalue weighted by molar-refractivity contribution is -0.116. The lowest BCUT2D eigenvalue weighted by atomic mass is 9.88. The van der Waals surface area contributed by atoms with Crippen molar-refractivity contribution in [3.05, 3.63) is 11.1 Å². The van der Waals surface area contributed by atoms with E-state index in [4.69, 9.17) is 0 Å². The monoisotopic (exact) mass is 186 g/mol. The molecule has 0 saturated carbocycles. The van der Waals surface area contributed by atoms with Gasteiger partial charge >= 0.3 is 0 Å². The second-order valence-electron chi connectivity index (χ2n) is 2.89. The summed E-state index contributed by atoms with van der Waals surface area (Å²) in [6.45, 7) is 4.02. The second-order valence-corrected chi connectivity index (χ2v) is 5.77. The molecule has 0 N–H and O–H groups in total. The molecule has 2 aliphatic rings. The minimum absolute atomic E-state index is 0.121. The molecule has 0 unspecified atom stereocenters. The first-order valence-corrected chi connectivity index (χ1v) is 5.66. The molecule has 1 nitrogen and oxygen atoms in total. The molecule has 1 saturated heterocycles. The molecule has 11 heavy (non-hydrogen) atoms. The van der Waals surface area contributed by atoms with Crippen molar-refractivity contribution in [2.24, 2.45) is 0 Å². The van der Waals surface area contributed by atoms with Gasteiger partial charge in [0.25, 0.3) is 0 Å². The van der Waals surface area contributed by atoms with Gasteiger partial charge in [0.05, 0.1) is 0 Å². The number of hydrogen-bond donors (Lipinski definition) is 0. The van der Waals surface area contributed by atoms with Gasteiger partial charge in [-0.2, -0.15) is 0 Å². The topological polar surface area (TPSA) is 17.1 Å². The van der Waals surface area contributed by atoms with Gasteiger partial charge in [-0.1, -0.05) is 0 Å². The molecule has 0 aromatic heterocycles. The molecule has 2 rings (SSSR count). The maximum Gasteiger partial charge on any atom is 0.188 e. The van der Waals surface area contributed by atoms with Gasteiger partial charge in [-0.25, -0.2) is 0 Å². The first-order valence-electron chi connectivity index (χ1n) is 3.69. The Kier molecular flexibility index (Phi) is 1.62. The zero-order valence-corrected chi connectivity index (χ0v) is 8.27. The fourth-order valence-electron chi connectivity index (χ4n) is 1.53. The molecule has 0 radical (unpaired) electrons. The van der Waals surface area contributed by atoms with Crippen LogP contribution in [0.15, 0.2) is 11.1 Å². The van der Waals surface area contributed by atoms with Gasteiger partial charge in [0.1, 0.15) is 4.08 Å². The fraction of sp³-hybridized carbons (Fsp3) is 0.625. The minimum Gasteiger partial charge on any atom is -0.292 e. The molecular formula is C8H10OS2. The zero-order chi connectivity index (χ0) is 8.06. The van der Waals surface area contributed by atoms with Crippen LogP contribution in [-0.2, 0) is 4.79 Å². The predicted molar refractivity (Wildman–Crippen MR) is 51.0 cm³/mol. The summed E-state index contributed by atoms with van der Waals surface area (Å²) in [5, 5.41) is 0. The fourth-order valence-corrected chi connectivity index (χ4v) is 4.91. The van der Waals surface area contributed by atoms with E-state index in [2.05, 4.69) is 6.92 Å². The van der Waals surface area contributed by atoms with Crippen LogP contribution in [0, 0.1) is 0 Å². The summed E-state index contributed by atoms with van der Waals surface area (Å²) in [6, 6.07) is 0. The summed E-state index contributed by atoms with van der Waals surface area (Å²) in [6.07, 6.45) is 0. The highest BCUT2D eigenvalue weighted by Crippen LogP contribution is 2.56. The van der Waals surface area contributed by atoms with Gasteiger partial charge in [-0.3, -0.25) is 4.79 Å². The van der Waals surface area contributed by atoms with E-state index in [-0.39, 0.29) is 4.08 Å². The smallest absolute Gasteiger partial charge is 0.188 e. The van der Waals surface area contributed by atoms with E-state index in [1.807, 2.05) is 6.92 Å². The number of Topliss-reactive ketones (excluding diaryl/α,β-unsaturated/α-hetero) is 1. The molecule has 0 aromatic rings. The normalized spacial score (nSPS) is 28.0. The average Bonchev–Trinajstić information content (AvgIpc) is 2.51. The largest absolute Gasteiger partial charge is 0.292 e. The molecule has 60 valence electrons. The van der Waals surface area contributed by atoms with Crippen LogP contribution in [0.1, 0.15) is 13.8 Å². The van der Waals surface area contributed by atoms with Crippen molar-refractivity contribution in [3.63, 3.8) is 0 Å². The third-order valence-corrected chi connectivity index (χ3v) is 5.97. The van der Waals surface area contributed by atoms with Crippen LogP contribution < -0.4 is 0 Å². The third kappa shape index (κ3) is 0.785. The summed E-state index contributed by atoms with van der Waals surface area (Å²) in [7, 11) is 0. The predicted octanol–water partition coefficient (Wildman–Crippen LogP) is 2.08. The molecule has 1 fully saturated rings. The number of ketones is 1. The number of carbonyl (C=O) groups is 1. The Morgan fingerprint density at radius 1 is 1.27 bits per heavy atom. The minimum atomic E-state index is -0.121. The Bertz CT molecular complexity index is 249. The number of carbonyl (C=O) groups excluding carboxylic acids is 1. The zero-order valence-electron chi connectivity index (χ0n) is 6.64. The van der Waals surface area contributed by atoms with Crippen molar-refractivity contribution >= 4 is 29.3 Å². The van der Waals surface area contributed by atoms with Crippen LogP contribution in [0.25, 0.3) is 0 Å². The Labute approximate surface area is 75.0 Å². The van der Waals surface area contributed by atoms with Gasteiger partial charge in [0.2, 0.25) is 0 Å². The Morgan fingerprint density at radius 3 is 2.27 bits per heavy atom. The quantitative estimate of drug-likeness (QED) is 0.576. The Balaban J connectivity index is 2.38. The number of thioether (sulfide) groups is 2. The van der Waals surface area contributed by atoms with E-state index in [1.165, 1.54) is 5.57 Å². The van der Waals surface area contributed by atoms with Gasteiger partial charge in [-0.05, 0) is 25.0 Å². The molecule has 1 spiro atoms. The van der Waals surface area contributed by atoms with E-state index in [0.717, 1.165) is 17.1 Å². The maximum atomic E-state index is 11.5. The van der Waals surface area contributed by atoms with Crippen LogP contribution in [0.3, 0.4) is 0 Å². The van der Waals surface area contributed by atoms with Crippen LogP contribution in [0.4, 0.5) is 0 Å². The van der Waals surface area contributed by atoms with Crippen LogP contribution in [0.2, 0.25) is 0 Å². The summed E-state index contributed by atoms with van der Waals surface area (Å²) in [4.78, 5) is 11.5.